The van der Waals surface area contributed by atoms with E-state index in [1.165, 1.54) is 0 Å². The number of aliphatic hydroxyl groups excluding tert-OH is 1. The van der Waals surface area contributed by atoms with Crippen LogP contribution in [0.2, 0.25) is 0 Å². The fourth-order valence-corrected chi connectivity index (χ4v) is 3.41. The van der Waals surface area contributed by atoms with Crippen molar-refractivity contribution in [1.82, 2.24) is 4.98 Å². The van der Waals surface area contributed by atoms with Crippen molar-refractivity contribution < 1.29 is 9.90 Å². The standard InChI is InChI=1S/C16H20N4O2S/c21-11-15(22)19-14-3-1-2-13(10-14)18-12-4-7-20(8-5-12)16-17-6-9-23-16/h1-3,6,9-10,12,18,21H,4-5,7-8,11H2,(H,19,22). The number of carbonyl (C=O) groups excluding carboxylic acids is 1. The van der Waals surface area contributed by atoms with E-state index in [0.717, 1.165) is 36.8 Å². The molecule has 1 saturated heterocycles. The first-order chi connectivity index (χ1) is 11.2. The number of aromatic nitrogens is 1. The zero-order valence-electron chi connectivity index (χ0n) is 12.7. The Kier molecular flexibility index (Phi) is 5.09. The van der Waals surface area contributed by atoms with Crippen LogP contribution in [0.1, 0.15) is 12.8 Å². The quantitative estimate of drug-likeness (QED) is 0.782. The Hall–Kier alpha value is -2.12. The molecular formula is C16H20N4O2S. The predicted octanol–water partition coefficient (Wildman–Crippen LogP) is 2.15. The number of aliphatic hydroxyl groups is 1. The maximum Gasteiger partial charge on any atom is 0.250 e. The van der Waals surface area contributed by atoms with E-state index in [0.29, 0.717) is 11.7 Å². The summed E-state index contributed by atoms with van der Waals surface area (Å²) in [6.07, 6.45) is 3.94. The third-order valence-corrected chi connectivity index (χ3v) is 4.68. The summed E-state index contributed by atoms with van der Waals surface area (Å²) in [5.41, 5.74) is 1.67. The number of amides is 1. The van der Waals surface area contributed by atoms with Crippen LogP contribution in [0, 0.1) is 0 Å². The normalized spacial score (nSPS) is 15.4. The van der Waals surface area contributed by atoms with Crippen molar-refractivity contribution in [1.29, 1.82) is 0 Å². The number of hydrogen-bond acceptors (Lipinski definition) is 6. The van der Waals surface area contributed by atoms with Crippen LogP contribution in [0.25, 0.3) is 0 Å². The van der Waals surface area contributed by atoms with Gasteiger partial charge in [-0.1, -0.05) is 6.07 Å². The minimum atomic E-state index is -0.507. The van der Waals surface area contributed by atoms with E-state index < -0.39 is 12.5 Å². The summed E-state index contributed by atoms with van der Waals surface area (Å²) in [5.74, 6) is -0.404. The first kappa shape index (κ1) is 15.8. The molecule has 0 bridgehead atoms. The third-order valence-electron chi connectivity index (χ3n) is 3.85. The molecule has 0 atom stereocenters. The largest absolute Gasteiger partial charge is 0.387 e. The summed E-state index contributed by atoms with van der Waals surface area (Å²) in [6.45, 7) is 1.48. The van der Waals surface area contributed by atoms with Gasteiger partial charge in [-0.3, -0.25) is 4.79 Å². The molecule has 1 fully saturated rings. The molecular weight excluding hydrogens is 312 g/mol. The van der Waals surface area contributed by atoms with Crippen molar-refractivity contribution in [3.8, 4) is 0 Å². The summed E-state index contributed by atoms with van der Waals surface area (Å²) < 4.78 is 0. The molecule has 1 aromatic carbocycles. The molecule has 7 heteroatoms. The Morgan fingerprint density at radius 1 is 1.35 bits per heavy atom. The van der Waals surface area contributed by atoms with Gasteiger partial charge in [0.15, 0.2) is 5.13 Å². The van der Waals surface area contributed by atoms with Gasteiger partial charge in [0.25, 0.3) is 0 Å². The van der Waals surface area contributed by atoms with Gasteiger partial charge in [-0.05, 0) is 31.0 Å². The van der Waals surface area contributed by atoms with Crippen LogP contribution in [0.5, 0.6) is 0 Å². The molecule has 0 aliphatic carbocycles. The molecule has 1 aliphatic heterocycles. The number of hydrogen-bond donors (Lipinski definition) is 3. The molecule has 1 amide bonds. The lowest BCUT2D eigenvalue weighted by molar-refractivity contribution is -0.118. The predicted molar refractivity (Wildman–Crippen MR) is 93.1 cm³/mol. The van der Waals surface area contributed by atoms with Crippen molar-refractivity contribution in [2.24, 2.45) is 0 Å². The van der Waals surface area contributed by atoms with Gasteiger partial charge >= 0.3 is 0 Å². The average Bonchev–Trinajstić information content (AvgIpc) is 3.10. The Labute approximate surface area is 139 Å². The number of benzene rings is 1. The summed E-state index contributed by atoms with van der Waals surface area (Å²) in [5, 5.41) is 18.1. The molecule has 3 N–H and O–H groups in total. The van der Waals surface area contributed by atoms with Gasteiger partial charge in [-0.2, -0.15) is 0 Å². The summed E-state index contributed by atoms with van der Waals surface area (Å²) in [6, 6.07) is 7.99. The van der Waals surface area contributed by atoms with Crippen LogP contribution in [0.3, 0.4) is 0 Å². The van der Waals surface area contributed by atoms with Crippen molar-refractivity contribution in [3.63, 3.8) is 0 Å². The molecule has 6 nitrogen and oxygen atoms in total. The number of piperidine rings is 1. The lowest BCUT2D eigenvalue weighted by Gasteiger charge is -2.32. The zero-order valence-corrected chi connectivity index (χ0v) is 13.6. The van der Waals surface area contributed by atoms with Gasteiger partial charge in [-0.15, -0.1) is 11.3 Å². The molecule has 2 heterocycles. The van der Waals surface area contributed by atoms with Crippen LogP contribution in [-0.2, 0) is 4.79 Å². The highest BCUT2D eigenvalue weighted by molar-refractivity contribution is 7.13. The molecule has 0 saturated carbocycles. The van der Waals surface area contributed by atoms with Gasteiger partial charge in [-0.25, -0.2) is 4.98 Å². The summed E-state index contributed by atoms with van der Waals surface area (Å²) >= 11 is 1.68. The van der Waals surface area contributed by atoms with Gasteiger partial charge in [0.2, 0.25) is 5.91 Å². The Morgan fingerprint density at radius 2 is 2.13 bits per heavy atom. The molecule has 0 unspecified atom stereocenters. The van der Waals surface area contributed by atoms with Crippen LogP contribution in [0.4, 0.5) is 16.5 Å². The second-order valence-electron chi connectivity index (χ2n) is 5.51. The average molecular weight is 332 g/mol. The molecule has 23 heavy (non-hydrogen) atoms. The van der Waals surface area contributed by atoms with Crippen LogP contribution >= 0.6 is 11.3 Å². The molecule has 0 spiro atoms. The summed E-state index contributed by atoms with van der Waals surface area (Å²) in [4.78, 5) is 17.9. The summed E-state index contributed by atoms with van der Waals surface area (Å²) in [7, 11) is 0. The maximum absolute atomic E-state index is 11.2. The fourth-order valence-electron chi connectivity index (χ4n) is 2.71. The van der Waals surface area contributed by atoms with Gasteiger partial charge in [0.1, 0.15) is 6.61 Å². The van der Waals surface area contributed by atoms with Gasteiger partial charge < -0.3 is 20.6 Å². The van der Waals surface area contributed by atoms with Gasteiger partial charge in [0, 0.05) is 42.1 Å². The Bertz CT molecular complexity index is 639. The van der Waals surface area contributed by atoms with Crippen molar-refractivity contribution in [2.75, 3.05) is 35.2 Å². The monoisotopic (exact) mass is 332 g/mol. The smallest absolute Gasteiger partial charge is 0.250 e. The first-order valence-electron chi connectivity index (χ1n) is 7.66. The number of carbonyl (C=O) groups is 1. The molecule has 1 aromatic heterocycles. The second kappa shape index (κ2) is 7.43. The fraction of sp³-hybridized carbons (Fsp3) is 0.375. The second-order valence-corrected chi connectivity index (χ2v) is 6.38. The maximum atomic E-state index is 11.2. The minimum absolute atomic E-state index is 0.404. The van der Waals surface area contributed by atoms with Crippen LogP contribution in [-0.4, -0.2) is 41.7 Å². The van der Waals surface area contributed by atoms with Crippen molar-refractivity contribution in [3.05, 3.63) is 35.8 Å². The van der Waals surface area contributed by atoms with E-state index >= 15 is 0 Å². The number of thiazole rings is 1. The molecule has 0 radical (unpaired) electrons. The lowest BCUT2D eigenvalue weighted by atomic mass is 10.0. The number of nitrogens with zero attached hydrogens (tertiary/aromatic N) is 2. The van der Waals surface area contributed by atoms with E-state index in [1.54, 1.807) is 11.3 Å². The topological polar surface area (TPSA) is 77.5 Å². The lowest BCUT2D eigenvalue weighted by Crippen LogP contribution is -2.39. The van der Waals surface area contributed by atoms with Gasteiger partial charge in [0.05, 0.1) is 0 Å². The molecule has 3 rings (SSSR count). The van der Waals surface area contributed by atoms with Crippen molar-refractivity contribution in [2.45, 2.75) is 18.9 Å². The Morgan fingerprint density at radius 3 is 2.83 bits per heavy atom. The van der Waals surface area contributed by atoms with Crippen molar-refractivity contribution >= 4 is 33.8 Å². The zero-order chi connectivity index (χ0) is 16.1. The van der Waals surface area contributed by atoms with E-state index in [4.69, 9.17) is 5.11 Å². The molecule has 1 aliphatic rings. The van der Waals surface area contributed by atoms with E-state index in [-0.39, 0.29) is 0 Å². The number of anilines is 3. The Balaban J connectivity index is 1.54. The third kappa shape index (κ3) is 4.20. The molecule has 122 valence electrons. The SMILES string of the molecule is O=C(CO)Nc1cccc(NC2CCN(c3nccs3)CC2)c1. The highest BCUT2D eigenvalue weighted by atomic mass is 32.1. The first-order valence-corrected chi connectivity index (χ1v) is 8.54. The van der Waals surface area contributed by atoms with Crippen LogP contribution < -0.4 is 15.5 Å². The number of rotatable bonds is 5. The van der Waals surface area contributed by atoms with E-state index in [1.807, 2.05) is 35.8 Å². The van der Waals surface area contributed by atoms with E-state index in [2.05, 4.69) is 20.5 Å². The minimum Gasteiger partial charge on any atom is -0.387 e. The van der Waals surface area contributed by atoms with Crippen LogP contribution in [0.15, 0.2) is 35.8 Å². The number of nitrogens with one attached hydrogen (secondary N) is 2. The molecule has 2 aromatic rings. The highest BCUT2D eigenvalue weighted by Crippen LogP contribution is 2.24. The highest BCUT2D eigenvalue weighted by Gasteiger charge is 2.20. The van der Waals surface area contributed by atoms with E-state index in [9.17, 15) is 4.79 Å².